The summed E-state index contributed by atoms with van der Waals surface area (Å²) in [6, 6.07) is 26.1. The van der Waals surface area contributed by atoms with Gasteiger partial charge in [-0.25, -0.2) is 9.59 Å². The van der Waals surface area contributed by atoms with E-state index < -0.39 is 18.7 Å². The maximum atomic E-state index is 12.8. The Balaban J connectivity index is 1.60. The summed E-state index contributed by atoms with van der Waals surface area (Å²) >= 11 is 0. The number of carbonyl (C=O) groups excluding carboxylic acids is 1. The van der Waals surface area contributed by atoms with Crippen LogP contribution in [0, 0.1) is 0 Å². The molecule has 0 atom stereocenters. The van der Waals surface area contributed by atoms with E-state index in [4.69, 9.17) is 14.6 Å². The molecule has 0 aliphatic rings. The molecule has 158 valence electrons. The van der Waals surface area contributed by atoms with Crippen LogP contribution in [-0.4, -0.2) is 30.4 Å². The van der Waals surface area contributed by atoms with Crippen LogP contribution in [0.3, 0.4) is 0 Å². The summed E-state index contributed by atoms with van der Waals surface area (Å²) in [5.41, 5.74) is 2.56. The number of benzene rings is 3. The summed E-state index contributed by atoms with van der Waals surface area (Å²) in [7, 11) is 0. The van der Waals surface area contributed by atoms with Gasteiger partial charge in [-0.2, -0.15) is 0 Å². The number of aliphatic carboxylic acids is 1. The number of para-hydroxylation sites is 1. The highest BCUT2D eigenvalue weighted by Crippen LogP contribution is 2.18. The molecule has 0 fully saturated rings. The topological polar surface area (TPSA) is 76.1 Å². The van der Waals surface area contributed by atoms with Crippen molar-refractivity contribution in [1.82, 2.24) is 0 Å². The number of hydrogen-bond acceptors (Lipinski definition) is 4. The Morgan fingerprint density at radius 3 is 2.32 bits per heavy atom. The Hall–Kier alpha value is -4.06. The molecule has 0 radical (unpaired) electrons. The molecule has 0 aromatic heterocycles. The standard InChI is InChI=1S/C25H23NO5/c27-24(28)19-31-23-15-7-11-20(17-23)12-8-16-30-25(29)26(22-13-5-2-6-14-22)18-21-9-3-1-4-10-21/h1-15,17H,16,18-19H2,(H,27,28). The molecule has 0 aliphatic heterocycles. The van der Waals surface area contributed by atoms with E-state index in [0.29, 0.717) is 12.3 Å². The van der Waals surface area contributed by atoms with Crippen molar-refractivity contribution in [3.63, 3.8) is 0 Å². The Bertz CT molecular complexity index is 1020. The lowest BCUT2D eigenvalue weighted by Crippen LogP contribution is -2.31. The second-order valence-corrected chi connectivity index (χ2v) is 6.64. The first-order chi connectivity index (χ1) is 15.1. The number of amides is 1. The zero-order chi connectivity index (χ0) is 21.9. The van der Waals surface area contributed by atoms with Gasteiger partial charge in [-0.15, -0.1) is 0 Å². The van der Waals surface area contributed by atoms with Crippen molar-refractivity contribution in [3.05, 3.63) is 102 Å². The van der Waals surface area contributed by atoms with Crippen molar-refractivity contribution in [3.8, 4) is 5.75 Å². The third-order valence-corrected chi connectivity index (χ3v) is 4.31. The van der Waals surface area contributed by atoms with Crippen LogP contribution in [0.5, 0.6) is 5.75 Å². The highest BCUT2D eigenvalue weighted by atomic mass is 16.6. The average molecular weight is 417 g/mol. The minimum atomic E-state index is -1.04. The summed E-state index contributed by atoms with van der Waals surface area (Å²) < 4.78 is 10.6. The van der Waals surface area contributed by atoms with Crippen molar-refractivity contribution in [2.45, 2.75) is 6.54 Å². The summed E-state index contributed by atoms with van der Waals surface area (Å²) in [4.78, 5) is 25.0. The van der Waals surface area contributed by atoms with Crippen LogP contribution in [0.4, 0.5) is 10.5 Å². The molecule has 0 saturated heterocycles. The number of hydrogen-bond donors (Lipinski definition) is 1. The molecular weight excluding hydrogens is 394 g/mol. The Kier molecular flexibility index (Phi) is 7.83. The maximum absolute atomic E-state index is 12.8. The van der Waals surface area contributed by atoms with Crippen LogP contribution in [0.25, 0.3) is 6.08 Å². The Labute approximate surface area is 181 Å². The number of carboxylic acid groups (broad SMARTS) is 1. The SMILES string of the molecule is O=C(O)COc1cccc(C=CCOC(=O)N(Cc2ccccc2)c2ccccc2)c1. The number of carboxylic acids is 1. The molecule has 3 aromatic rings. The van der Waals surface area contributed by atoms with Gasteiger partial charge >= 0.3 is 12.1 Å². The van der Waals surface area contributed by atoms with Gasteiger partial charge in [0, 0.05) is 5.69 Å². The fourth-order valence-electron chi connectivity index (χ4n) is 2.87. The lowest BCUT2D eigenvalue weighted by Gasteiger charge is -2.22. The van der Waals surface area contributed by atoms with Gasteiger partial charge in [-0.3, -0.25) is 4.90 Å². The first-order valence-corrected chi connectivity index (χ1v) is 9.76. The molecule has 3 rings (SSSR count). The average Bonchev–Trinajstić information content (AvgIpc) is 2.80. The number of ether oxygens (including phenoxy) is 2. The van der Waals surface area contributed by atoms with E-state index in [2.05, 4.69) is 0 Å². The second-order valence-electron chi connectivity index (χ2n) is 6.64. The minimum Gasteiger partial charge on any atom is -0.482 e. The van der Waals surface area contributed by atoms with Gasteiger partial charge in [0.05, 0.1) is 6.54 Å². The Morgan fingerprint density at radius 2 is 1.61 bits per heavy atom. The molecule has 0 heterocycles. The largest absolute Gasteiger partial charge is 0.482 e. The van der Waals surface area contributed by atoms with E-state index in [1.54, 1.807) is 35.3 Å². The van der Waals surface area contributed by atoms with Crippen molar-refractivity contribution in [2.24, 2.45) is 0 Å². The van der Waals surface area contributed by atoms with Crippen molar-refractivity contribution in [2.75, 3.05) is 18.1 Å². The van der Waals surface area contributed by atoms with Gasteiger partial charge in [0.25, 0.3) is 0 Å². The fraction of sp³-hybridized carbons (Fsp3) is 0.120. The van der Waals surface area contributed by atoms with Crippen molar-refractivity contribution in [1.29, 1.82) is 0 Å². The minimum absolute atomic E-state index is 0.0944. The van der Waals surface area contributed by atoms with Gasteiger partial charge in [-0.05, 0) is 41.5 Å². The van der Waals surface area contributed by atoms with Crippen LogP contribution in [-0.2, 0) is 16.1 Å². The molecule has 1 amide bonds. The lowest BCUT2D eigenvalue weighted by atomic mass is 10.2. The summed E-state index contributed by atoms with van der Waals surface area (Å²) in [5.74, 6) is -0.578. The molecule has 1 N–H and O–H groups in total. The normalized spacial score (nSPS) is 10.6. The van der Waals surface area contributed by atoms with E-state index in [9.17, 15) is 9.59 Å². The highest BCUT2D eigenvalue weighted by Gasteiger charge is 2.17. The smallest absolute Gasteiger partial charge is 0.414 e. The fourth-order valence-corrected chi connectivity index (χ4v) is 2.87. The van der Waals surface area contributed by atoms with Crippen LogP contribution in [0.1, 0.15) is 11.1 Å². The summed E-state index contributed by atoms with van der Waals surface area (Å²) in [6.07, 6.45) is 3.06. The van der Waals surface area contributed by atoms with Crippen LogP contribution in [0.2, 0.25) is 0 Å². The molecule has 0 bridgehead atoms. The molecule has 0 spiro atoms. The third-order valence-electron chi connectivity index (χ3n) is 4.31. The van der Waals surface area contributed by atoms with Crippen molar-refractivity contribution < 1.29 is 24.2 Å². The summed E-state index contributed by atoms with van der Waals surface area (Å²) in [6.45, 7) is 0.0923. The highest BCUT2D eigenvalue weighted by molar-refractivity contribution is 5.87. The monoisotopic (exact) mass is 417 g/mol. The Morgan fingerprint density at radius 1 is 0.903 bits per heavy atom. The van der Waals surface area contributed by atoms with Gasteiger partial charge in [0.15, 0.2) is 6.61 Å². The quantitative estimate of drug-likeness (QED) is 0.530. The van der Waals surface area contributed by atoms with E-state index in [0.717, 1.165) is 16.8 Å². The number of anilines is 1. The van der Waals surface area contributed by atoms with Gasteiger partial charge < -0.3 is 14.6 Å². The number of rotatable bonds is 9. The maximum Gasteiger partial charge on any atom is 0.414 e. The molecule has 6 nitrogen and oxygen atoms in total. The molecule has 6 heteroatoms. The number of nitrogens with zero attached hydrogens (tertiary/aromatic N) is 1. The first-order valence-electron chi connectivity index (χ1n) is 9.76. The van der Waals surface area contributed by atoms with Crippen LogP contribution in [0.15, 0.2) is 91.0 Å². The van der Waals surface area contributed by atoms with E-state index in [1.165, 1.54) is 0 Å². The zero-order valence-corrected chi connectivity index (χ0v) is 16.9. The van der Waals surface area contributed by atoms with E-state index in [-0.39, 0.29) is 6.61 Å². The molecule has 0 unspecified atom stereocenters. The molecule has 0 aliphatic carbocycles. The molecule has 31 heavy (non-hydrogen) atoms. The predicted molar refractivity (Wildman–Crippen MR) is 119 cm³/mol. The zero-order valence-electron chi connectivity index (χ0n) is 16.9. The predicted octanol–water partition coefficient (Wildman–Crippen LogP) is 5.01. The molecular formula is C25H23NO5. The van der Waals surface area contributed by atoms with Crippen LogP contribution >= 0.6 is 0 Å². The lowest BCUT2D eigenvalue weighted by molar-refractivity contribution is -0.139. The summed E-state index contributed by atoms with van der Waals surface area (Å²) in [5, 5.41) is 8.70. The van der Waals surface area contributed by atoms with E-state index in [1.807, 2.05) is 66.7 Å². The third kappa shape index (κ3) is 7.04. The second kappa shape index (κ2) is 11.2. The number of carbonyl (C=O) groups is 2. The van der Waals surface area contributed by atoms with Crippen molar-refractivity contribution >= 4 is 23.8 Å². The molecule has 0 saturated carbocycles. The molecule has 3 aromatic carbocycles. The van der Waals surface area contributed by atoms with E-state index >= 15 is 0 Å². The van der Waals surface area contributed by atoms with Gasteiger partial charge in [-0.1, -0.05) is 66.7 Å². The van der Waals surface area contributed by atoms with Crippen LogP contribution < -0.4 is 9.64 Å². The van der Waals surface area contributed by atoms with Gasteiger partial charge in [0.2, 0.25) is 0 Å². The first kappa shape index (κ1) is 21.6. The van der Waals surface area contributed by atoms with Gasteiger partial charge in [0.1, 0.15) is 12.4 Å².